The van der Waals surface area contributed by atoms with Gasteiger partial charge in [0.15, 0.2) is 10.8 Å². The highest BCUT2D eigenvalue weighted by atomic mass is 32.2. The molecule has 0 fully saturated rings. The van der Waals surface area contributed by atoms with Gasteiger partial charge in [-0.15, -0.1) is 21.5 Å². The van der Waals surface area contributed by atoms with Crippen LogP contribution < -0.4 is 5.73 Å². The van der Waals surface area contributed by atoms with Crippen LogP contribution in [0, 0.1) is 5.92 Å². The van der Waals surface area contributed by atoms with E-state index >= 15 is 0 Å². The molecule has 0 aliphatic heterocycles. The van der Waals surface area contributed by atoms with Crippen molar-refractivity contribution in [2.75, 3.05) is 5.75 Å². The fourth-order valence-corrected chi connectivity index (χ4v) is 5.52. The number of rotatable bonds is 4. The fraction of sp³-hybridized carbons (Fsp3) is 0.529. The van der Waals surface area contributed by atoms with Gasteiger partial charge in [0.05, 0.1) is 11.1 Å². The molecule has 3 aromatic rings. The van der Waals surface area contributed by atoms with Crippen LogP contribution >= 0.6 is 23.1 Å². The quantitative estimate of drug-likeness (QED) is 0.708. The van der Waals surface area contributed by atoms with Gasteiger partial charge in [-0.2, -0.15) is 0 Å². The summed E-state index contributed by atoms with van der Waals surface area (Å²) in [6, 6.07) is 0. The zero-order chi connectivity index (χ0) is 17.7. The normalized spacial score (nSPS) is 17.5. The highest BCUT2D eigenvalue weighted by Gasteiger charge is 2.26. The third-order valence-corrected chi connectivity index (χ3v) is 6.75. The maximum absolute atomic E-state index is 11.2. The Bertz CT molecular complexity index is 975. The van der Waals surface area contributed by atoms with Crippen molar-refractivity contribution < 1.29 is 4.79 Å². The zero-order valence-electron chi connectivity index (χ0n) is 14.6. The first-order valence-electron chi connectivity index (χ1n) is 8.56. The molecule has 3 heterocycles. The summed E-state index contributed by atoms with van der Waals surface area (Å²) in [5.41, 5.74) is 7.56. The molecule has 0 saturated carbocycles. The Labute approximate surface area is 154 Å². The summed E-state index contributed by atoms with van der Waals surface area (Å²) in [7, 11) is 0. The molecule has 0 aromatic carbocycles. The minimum Gasteiger partial charge on any atom is -0.369 e. The molecule has 1 aliphatic rings. The number of aryl methyl sites for hydroxylation is 1. The lowest BCUT2D eigenvalue weighted by atomic mass is 9.89. The number of nitrogens with two attached hydrogens (primary N) is 1. The van der Waals surface area contributed by atoms with Gasteiger partial charge >= 0.3 is 0 Å². The molecule has 1 aliphatic carbocycles. The molecule has 132 valence electrons. The van der Waals surface area contributed by atoms with E-state index in [9.17, 15) is 4.79 Å². The maximum atomic E-state index is 11.2. The van der Waals surface area contributed by atoms with Gasteiger partial charge in [0.25, 0.3) is 0 Å². The van der Waals surface area contributed by atoms with Crippen LogP contribution in [0.5, 0.6) is 0 Å². The van der Waals surface area contributed by atoms with Crippen molar-refractivity contribution in [3.8, 4) is 0 Å². The molecular weight excluding hydrogens is 354 g/mol. The van der Waals surface area contributed by atoms with Crippen molar-refractivity contribution >= 4 is 44.9 Å². The second-order valence-electron chi connectivity index (χ2n) is 7.05. The molecule has 0 radical (unpaired) electrons. The number of primary amides is 1. The monoisotopic (exact) mass is 375 g/mol. The Hall–Kier alpha value is -1.67. The van der Waals surface area contributed by atoms with Crippen LogP contribution in [0.15, 0.2) is 5.16 Å². The summed E-state index contributed by atoms with van der Waals surface area (Å²) in [6.45, 7) is 6.54. The van der Waals surface area contributed by atoms with Crippen molar-refractivity contribution in [3.63, 3.8) is 0 Å². The molecule has 0 saturated heterocycles. The van der Waals surface area contributed by atoms with Crippen LogP contribution in [-0.2, 0) is 17.6 Å². The van der Waals surface area contributed by atoms with Gasteiger partial charge in [-0.3, -0.25) is 9.20 Å². The van der Waals surface area contributed by atoms with E-state index in [1.165, 1.54) is 28.6 Å². The minimum atomic E-state index is -0.358. The standard InChI is InChI=1S/C17H21N5OS2/c1-8(2)14-19-16-13(10-5-4-9(3)6-11(10)25-16)15-20-21-17(22(14)15)24-7-12(18)23/h8-9H,4-7H2,1-3H3,(H2,18,23)/t9-/m0/s1. The lowest BCUT2D eigenvalue weighted by Gasteiger charge is -2.17. The van der Waals surface area contributed by atoms with Gasteiger partial charge in [0.1, 0.15) is 10.7 Å². The molecule has 0 spiro atoms. The summed E-state index contributed by atoms with van der Waals surface area (Å²) in [5.74, 6) is 1.72. The summed E-state index contributed by atoms with van der Waals surface area (Å²) in [4.78, 5) is 18.6. The number of hydrogen-bond acceptors (Lipinski definition) is 6. The minimum absolute atomic E-state index is 0.190. The molecule has 8 heteroatoms. The predicted octanol–water partition coefficient (Wildman–Crippen LogP) is 3.16. The van der Waals surface area contributed by atoms with Crippen molar-refractivity contribution in [3.05, 3.63) is 16.3 Å². The van der Waals surface area contributed by atoms with Gasteiger partial charge in [0.2, 0.25) is 5.91 Å². The van der Waals surface area contributed by atoms with Crippen LogP contribution in [0.4, 0.5) is 0 Å². The first-order valence-corrected chi connectivity index (χ1v) is 10.4. The molecule has 25 heavy (non-hydrogen) atoms. The van der Waals surface area contributed by atoms with E-state index in [4.69, 9.17) is 10.7 Å². The molecule has 3 aromatic heterocycles. The second kappa shape index (κ2) is 6.25. The average molecular weight is 376 g/mol. The molecule has 0 bridgehead atoms. The SMILES string of the molecule is CC(C)c1nc2sc3c(c2c2nnc(SCC(N)=O)n12)CC[C@H](C)C3. The van der Waals surface area contributed by atoms with Crippen molar-refractivity contribution in [1.29, 1.82) is 0 Å². The van der Waals surface area contributed by atoms with Gasteiger partial charge < -0.3 is 5.73 Å². The Morgan fingerprint density at radius 2 is 2.24 bits per heavy atom. The van der Waals surface area contributed by atoms with Gasteiger partial charge in [-0.05, 0) is 30.7 Å². The smallest absolute Gasteiger partial charge is 0.227 e. The molecule has 4 rings (SSSR count). The molecule has 2 N–H and O–H groups in total. The van der Waals surface area contributed by atoms with Crippen LogP contribution in [-0.4, -0.2) is 31.2 Å². The highest BCUT2D eigenvalue weighted by Crippen LogP contribution is 2.40. The number of amides is 1. The average Bonchev–Trinajstić information content (AvgIpc) is 3.11. The second-order valence-corrected chi connectivity index (χ2v) is 9.08. The third kappa shape index (κ3) is 2.81. The van der Waals surface area contributed by atoms with Crippen LogP contribution in [0.3, 0.4) is 0 Å². The van der Waals surface area contributed by atoms with Gasteiger partial charge in [0, 0.05) is 10.8 Å². The molecule has 1 amide bonds. The summed E-state index contributed by atoms with van der Waals surface area (Å²) in [6.07, 6.45) is 3.40. The number of nitrogens with zero attached hydrogens (tertiary/aromatic N) is 4. The van der Waals surface area contributed by atoms with Crippen LogP contribution in [0.1, 0.15) is 49.4 Å². The summed E-state index contributed by atoms with van der Waals surface area (Å²) >= 11 is 3.13. The highest BCUT2D eigenvalue weighted by molar-refractivity contribution is 7.99. The van der Waals surface area contributed by atoms with Gasteiger partial charge in [-0.1, -0.05) is 32.5 Å². The van der Waals surface area contributed by atoms with E-state index in [0.717, 1.165) is 40.4 Å². The first-order chi connectivity index (χ1) is 12.0. The van der Waals surface area contributed by atoms with Crippen molar-refractivity contribution in [2.24, 2.45) is 11.7 Å². The Kier molecular flexibility index (Phi) is 4.19. The topological polar surface area (TPSA) is 86.2 Å². The Morgan fingerprint density at radius 3 is 2.96 bits per heavy atom. The molecule has 6 nitrogen and oxygen atoms in total. The number of thioether (sulfide) groups is 1. The van der Waals surface area contributed by atoms with Crippen LogP contribution in [0.2, 0.25) is 0 Å². The summed E-state index contributed by atoms with van der Waals surface area (Å²) in [5, 5.41) is 10.6. The van der Waals surface area contributed by atoms with E-state index in [0.29, 0.717) is 5.16 Å². The molecular formula is C17H21N5OS2. The van der Waals surface area contributed by atoms with Gasteiger partial charge in [-0.25, -0.2) is 4.98 Å². The fourth-order valence-electron chi connectivity index (χ4n) is 3.45. The number of carbonyl (C=O) groups is 1. The maximum Gasteiger partial charge on any atom is 0.227 e. The zero-order valence-corrected chi connectivity index (χ0v) is 16.2. The Balaban J connectivity index is 1.97. The van der Waals surface area contributed by atoms with Crippen LogP contribution in [0.25, 0.3) is 15.9 Å². The van der Waals surface area contributed by atoms with Crippen molar-refractivity contribution in [1.82, 2.24) is 19.6 Å². The predicted molar refractivity (Wildman–Crippen MR) is 101 cm³/mol. The van der Waals surface area contributed by atoms with Crippen molar-refractivity contribution in [2.45, 2.75) is 51.1 Å². The number of fused-ring (bicyclic) bond motifs is 5. The summed E-state index contributed by atoms with van der Waals surface area (Å²) < 4.78 is 2.02. The first kappa shape index (κ1) is 16.8. The lowest BCUT2D eigenvalue weighted by Crippen LogP contribution is -2.14. The number of aromatic nitrogens is 4. The van der Waals surface area contributed by atoms with E-state index in [-0.39, 0.29) is 17.6 Å². The molecule has 1 atom stereocenters. The van der Waals surface area contributed by atoms with E-state index in [1.807, 2.05) is 4.40 Å². The number of thiophene rings is 1. The number of carbonyl (C=O) groups excluding carboxylic acids is 1. The third-order valence-electron chi connectivity index (χ3n) is 4.66. The van der Waals surface area contributed by atoms with E-state index in [2.05, 4.69) is 31.0 Å². The van der Waals surface area contributed by atoms with E-state index < -0.39 is 0 Å². The lowest BCUT2D eigenvalue weighted by molar-refractivity contribution is -0.115. The Morgan fingerprint density at radius 1 is 1.44 bits per heavy atom. The van der Waals surface area contributed by atoms with E-state index in [1.54, 1.807) is 11.3 Å². The largest absolute Gasteiger partial charge is 0.369 e. The molecule has 0 unspecified atom stereocenters. The number of hydrogen-bond donors (Lipinski definition) is 1.